The lowest BCUT2D eigenvalue weighted by molar-refractivity contribution is 0.144. The third-order valence-corrected chi connectivity index (χ3v) is 4.96. The maximum absolute atomic E-state index is 12.1. The zero-order valence-electron chi connectivity index (χ0n) is 16.5. The van der Waals surface area contributed by atoms with Crippen LogP contribution in [0.1, 0.15) is 22.7 Å². The van der Waals surface area contributed by atoms with Gasteiger partial charge in [0.1, 0.15) is 12.3 Å². The lowest BCUT2D eigenvalue weighted by Crippen LogP contribution is -2.26. The SMILES string of the molecule is COc1nc(C#CCNC(=O)OCC2c3ccccc3-c3ccccc32)ccc1N. The maximum atomic E-state index is 12.1. The van der Waals surface area contributed by atoms with Gasteiger partial charge in [-0.05, 0) is 40.3 Å². The van der Waals surface area contributed by atoms with Gasteiger partial charge in [0.05, 0.1) is 19.3 Å². The molecule has 0 spiro atoms. The first kappa shape index (κ1) is 19.3. The highest BCUT2D eigenvalue weighted by Crippen LogP contribution is 2.44. The first-order valence-electron chi connectivity index (χ1n) is 9.55. The van der Waals surface area contributed by atoms with E-state index in [1.54, 1.807) is 12.1 Å². The van der Waals surface area contributed by atoms with Crippen LogP contribution in [-0.4, -0.2) is 31.3 Å². The highest BCUT2D eigenvalue weighted by Gasteiger charge is 2.28. The summed E-state index contributed by atoms with van der Waals surface area (Å²) in [5.41, 5.74) is 11.4. The fourth-order valence-electron chi connectivity index (χ4n) is 3.58. The second-order valence-electron chi connectivity index (χ2n) is 6.78. The van der Waals surface area contributed by atoms with Gasteiger partial charge in [0.25, 0.3) is 0 Å². The molecule has 3 N–H and O–H groups in total. The Hall–Kier alpha value is -3.98. The van der Waals surface area contributed by atoms with E-state index in [-0.39, 0.29) is 19.1 Å². The number of fused-ring (bicyclic) bond motifs is 3. The van der Waals surface area contributed by atoms with Crippen LogP contribution in [0.15, 0.2) is 60.7 Å². The highest BCUT2D eigenvalue weighted by atomic mass is 16.5. The number of nitrogens with zero attached hydrogens (tertiary/aromatic N) is 1. The molecule has 4 rings (SSSR count). The van der Waals surface area contributed by atoms with Gasteiger partial charge < -0.3 is 20.5 Å². The minimum absolute atomic E-state index is 0.0284. The predicted molar refractivity (Wildman–Crippen MR) is 115 cm³/mol. The molecule has 1 aliphatic carbocycles. The smallest absolute Gasteiger partial charge is 0.407 e. The van der Waals surface area contributed by atoms with Gasteiger partial charge in [-0.1, -0.05) is 54.5 Å². The van der Waals surface area contributed by atoms with Gasteiger partial charge in [-0.25, -0.2) is 9.78 Å². The summed E-state index contributed by atoms with van der Waals surface area (Å²) in [4.78, 5) is 16.3. The summed E-state index contributed by atoms with van der Waals surface area (Å²) in [5.74, 6) is 6.05. The maximum Gasteiger partial charge on any atom is 0.407 e. The molecule has 150 valence electrons. The molecule has 1 heterocycles. The fourth-order valence-corrected chi connectivity index (χ4v) is 3.58. The normalized spacial score (nSPS) is 11.6. The van der Waals surface area contributed by atoms with E-state index >= 15 is 0 Å². The van der Waals surface area contributed by atoms with Crippen LogP contribution in [-0.2, 0) is 4.74 Å². The van der Waals surface area contributed by atoms with Crippen molar-refractivity contribution in [1.29, 1.82) is 0 Å². The number of nitrogens with one attached hydrogen (secondary N) is 1. The van der Waals surface area contributed by atoms with Crippen molar-refractivity contribution in [2.24, 2.45) is 0 Å². The number of hydrogen-bond donors (Lipinski definition) is 2. The van der Waals surface area contributed by atoms with Crippen LogP contribution in [0.25, 0.3) is 11.1 Å². The van der Waals surface area contributed by atoms with Crippen molar-refractivity contribution in [2.75, 3.05) is 26.0 Å². The molecular weight excluding hydrogens is 378 g/mol. The number of nitrogen functional groups attached to an aromatic ring is 1. The summed E-state index contributed by atoms with van der Waals surface area (Å²) < 4.78 is 10.5. The largest absolute Gasteiger partial charge is 0.479 e. The number of alkyl carbamates (subject to hydrolysis) is 1. The van der Waals surface area contributed by atoms with Gasteiger partial charge in [-0.3, -0.25) is 0 Å². The number of ether oxygens (including phenoxy) is 2. The van der Waals surface area contributed by atoms with E-state index in [0.717, 1.165) is 0 Å². The molecule has 0 radical (unpaired) electrons. The molecule has 1 aromatic heterocycles. The Bertz CT molecular complexity index is 1100. The first-order valence-corrected chi connectivity index (χ1v) is 9.55. The zero-order chi connectivity index (χ0) is 20.9. The molecule has 0 unspecified atom stereocenters. The van der Waals surface area contributed by atoms with E-state index in [1.807, 2.05) is 24.3 Å². The third kappa shape index (κ3) is 3.91. The summed E-state index contributed by atoms with van der Waals surface area (Å²) in [6, 6.07) is 19.8. The third-order valence-electron chi connectivity index (χ3n) is 4.96. The van der Waals surface area contributed by atoms with E-state index in [0.29, 0.717) is 17.3 Å². The van der Waals surface area contributed by atoms with Crippen molar-refractivity contribution >= 4 is 11.8 Å². The van der Waals surface area contributed by atoms with Gasteiger partial charge in [0, 0.05) is 5.92 Å². The number of benzene rings is 2. The van der Waals surface area contributed by atoms with Crippen molar-refractivity contribution in [3.8, 4) is 28.8 Å². The van der Waals surface area contributed by atoms with Gasteiger partial charge in [0.15, 0.2) is 0 Å². The number of methoxy groups -OCH3 is 1. The lowest BCUT2D eigenvalue weighted by atomic mass is 9.98. The molecule has 0 saturated carbocycles. The zero-order valence-corrected chi connectivity index (χ0v) is 16.5. The Kier molecular flexibility index (Phi) is 5.53. The Labute approximate surface area is 175 Å². The van der Waals surface area contributed by atoms with Gasteiger partial charge in [0.2, 0.25) is 5.88 Å². The second-order valence-corrected chi connectivity index (χ2v) is 6.78. The number of rotatable bonds is 4. The number of anilines is 1. The molecule has 0 aliphatic heterocycles. The van der Waals surface area contributed by atoms with Gasteiger partial charge >= 0.3 is 6.09 Å². The molecule has 0 bridgehead atoms. The molecule has 30 heavy (non-hydrogen) atoms. The molecule has 6 heteroatoms. The second kappa shape index (κ2) is 8.58. The molecular formula is C24H21N3O3. The van der Waals surface area contributed by atoms with Crippen LogP contribution in [0, 0.1) is 11.8 Å². The van der Waals surface area contributed by atoms with Crippen molar-refractivity contribution < 1.29 is 14.3 Å². The minimum atomic E-state index is -0.506. The number of hydrogen-bond acceptors (Lipinski definition) is 5. The number of pyridine rings is 1. The Morgan fingerprint density at radius 2 is 1.73 bits per heavy atom. The van der Waals surface area contributed by atoms with E-state index in [9.17, 15) is 4.79 Å². The summed E-state index contributed by atoms with van der Waals surface area (Å²) >= 11 is 0. The Morgan fingerprint density at radius 3 is 2.40 bits per heavy atom. The molecule has 3 aromatic rings. The van der Waals surface area contributed by atoms with Crippen LogP contribution in [0.4, 0.5) is 10.5 Å². The number of amides is 1. The minimum Gasteiger partial charge on any atom is -0.479 e. The molecule has 1 aliphatic rings. The van der Waals surface area contributed by atoms with E-state index in [2.05, 4.69) is 46.4 Å². The predicted octanol–water partition coefficient (Wildman–Crippen LogP) is 3.56. The molecule has 0 saturated heterocycles. The quantitative estimate of drug-likeness (QED) is 0.655. The number of carbonyl (C=O) groups is 1. The van der Waals surface area contributed by atoms with Crippen LogP contribution < -0.4 is 15.8 Å². The Morgan fingerprint density at radius 1 is 1.07 bits per heavy atom. The number of carbonyl (C=O) groups excluding carboxylic acids is 1. The standard InChI is InChI=1S/C24H21N3O3/c1-29-23-22(25)13-12-16(27-23)7-6-14-26-24(28)30-15-21-19-10-4-2-8-17(19)18-9-3-5-11-20(18)21/h2-5,8-13,21H,14-15,25H2,1H3,(H,26,28). The molecule has 0 atom stereocenters. The molecule has 6 nitrogen and oxygen atoms in total. The molecule has 1 amide bonds. The van der Waals surface area contributed by atoms with Crippen molar-refractivity contribution in [1.82, 2.24) is 10.3 Å². The summed E-state index contributed by atoms with van der Waals surface area (Å²) in [7, 11) is 1.49. The molecule has 2 aromatic carbocycles. The number of aromatic nitrogens is 1. The van der Waals surface area contributed by atoms with Gasteiger partial charge in [-0.15, -0.1) is 0 Å². The van der Waals surface area contributed by atoms with Crippen molar-refractivity contribution in [2.45, 2.75) is 5.92 Å². The fraction of sp³-hybridized carbons (Fsp3) is 0.167. The Balaban J connectivity index is 1.34. The van der Waals surface area contributed by atoms with Crippen LogP contribution in [0.5, 0.6) is 5.88 Å². The highest BCUT2D eigenvalue weighted by molar-refractivity contribution is 5.79. The van der Waals surface area contributed by atoms with Gasteiger partial charge in [-0.2, -0.15) is 0 Å². The molecule has 0 fully saturated rings. The average Bonchev–Trinajstić information content (AvgIpc) is 3.10. The van der Waals surface area contributed by atoms with Crippen molar-refractivity contribution in [3.05, 3.63) is 77.5 Å². The summed E-state index contributed by atoms with van der Waals surface area (Å²) in [5, 5.41) is 2.65. The van der Waals surface area contributed by atoms with Crippen molar-refractivity contribution in [3.63, 3.8) is 0 Å². The number of nitrogens with two attached hydrogens (primary N) is 1. The van der Waals surface area contributed by atoms with E-state index < -0.39 is 6.09 Å². The van der Waals surface area contributed by atoms with E-state index in [4.69, 9.17) is 15.2 Å². The lowest BCUT2D eigenvalue weighted by Gasteiger charge is -2.14. The monoisotopic (exact) mass is 399 g/mol. The van der Waals surface area contributed by atoms with E-state index in [1.165, 1.54) is 29.4 Å². The first-order chi connectivity index (χ1) is 14.7. The van der Waals surface area contributed by atoms with Crippen LogP contribution >= 0.6 is 0 Å². The van der Waals surface area contributed by atoms with Crippen LogP contribution in [0.2, 0.25) is 0 Å². The summed E-state index contributed by atoms with van der Waals surface area (Å²) in [6.45, 7) is 0.412. The average molecular weight is 399 g/mol. The topological polar surface area (TPSA) is 86.5 Å². The summed E-state index contributed by atoms with van der Waals surface area (Å²) in [6.07, 6.45) is -0.506. The van der Waals surface area contributed by atoms with Crippen LogP contribution in [0.3, 0.4) is 0 Å².